The molecule has 75 heavy (non-hydrogen) atoms. The lowest BCUT2D eigenvalue weighted by Crippen LogP contribution is -2.67. The van der Waals surface area contributed by atoms with Gasteiger partial charge in [0, 0.05) is 7.11 Å². The van der Waals surface area contributed by atoms with Crippen LogP contribution in [0, 0.1) is 0 Å². The molecule has 11 atom stereocenters. The summed E-state index contributed by atoms with van der Waals surface area (Å²) < 4.78 is 87.6. The molecule has 1 aliphatic carbocycles. The van der Waals surface area contributed by atoms with Gasteiger partial charge in [-0.15, -0.1) is 0 Å². The van der Waals surface area contributed by atoms with Crippen molar-refractivity contribution in [2.75, 3.05) is 13.7 Å². The molecule has 0 radical (unpaired) electrons. The van der Waals surface area contributed by atoms with Gasteiger partial charge in [0.2, 0.25) is 0 Å². The minimum atomic E-state index is -5.11. The summed E-state index contributed by atoms with van der Waals surface area (Å²) in [7, 11) is -3.60. The Kier molecular flexibility index (Phi) is 20.1. The number of methoxy groups -OCH3 is 1. The summed E-state index contributed by atoms with van der Waals surface area (Å²) in [6, 6.07) is 68.0. The second-order valence-corrected chi connectivity index (χ2v) is 19.8. The second kappa shape index (κ2) is 27.9. The van der Waals surface area contributed by atoms with Crippen molar-refractivity contribution in [1.82, 2.24) is 0 Å². The molecule has 3 unspecified atom stereocenters. The molecule has 2 fully saturated rings. The molecule has 1 N–H and O–H groups in total. The zero-order valence-corrected chi connectivity index (χ0v) is 42.8. The Bertz CT molecular complexity index is 2630. The van der Waals surface area contributed by atoms with Crippen molar-refractivity contribution in [3.63, 3.8) is 0 Å². The Morgan fingerprint density at radius 2 is 0.600 bits per heavy atom. The molecule has 0 spiro atoms. The fraction of sp³-hybridized carbons (Fsp3) is 0.311. The van der Waals surface area contributed by atoms with E-state index in [-0.39, 0.29) is 46.2 Å². The van der Waals surface area contributed by atoms with Gasteiger partial charge in [0.1, 0.15) is 54.9 Å². The highest BCUT2D eigenvalue weighted by molar-refractivity contribution is 7.47. The van der Waals surface area contributed by atoms with Crippen LogP contribution in [0.4, 0.5) is 0 Å². The molecule has 2 aliphatic rings. The number of hydrogen-bond acceptors (Lipinski definition) is 12. The number of benzene rings is 7. The van der Waals surface area contributed by atoms with Crippen LogP contribution in [-0.4, -0.2) is 79.8 Å². The third kappa shape index (κ3) is 15.7. The molecular formula is C61H65O13P. The zero-order valence-electron chi connectivity index (χ0n) is 41.9. The first-order chi connectivity index (χ1) is 36.9. The summed E-state index contributed by atoms with van der Waals surface area (Å²) in [5.74, 6) is 0. The number of phosphoric ester groups is 1. The third-order valence-electron chi connectivity index (χ3n) is 13.1. The molecule has 1 heterocycles. The van der Waals surface area contributed by atoms with E-state index < -0.39 is 75.7 Å². The average Bonchev–Trinajstić information content (AvgIpc) is 3.81. The molecule has 7 aromatic carbocycles. The maximum atomic E-state index is 15.0. The zero-order chi connectivity index (χ0) is 51.5. The van der Waals surface area contributed by atoms with Crippen LogP contribution in [0.2, 0.25) is 0 Å². The van der Waals surface area contributed by atoms with E-state index in [2.05, 4.69) is 0 Å². The summed E-state index contributed by atoms with van der Waals surface area (Å²) in [5.41, 5.74) is 6.25. The normalized spacial score (nSPS) is 24.4. The standard InChI is InChI=1S/C61H65O13P/c1-64-61-60(71-43-51-35-21-8-22-36-51)53(65-37-45-23-9-2-10-24-45)52(73-61)44-72-75(62,63)74-59-57(69-41-49-31-17-6-18-32-49)55(67-39-47-27-13-4-14-28-47)54(66-38-46-25-11-3-12-26-46)56(68-40-48-29-15-5-16-30-48)58(59)70-42-50-33-19-7-20-34-50/h2-36,52-61H,37-44H2,1H3,(H,62,63)/t52-,53-,54?,55-,56+,57+,58+,59?,60+,61-/m1/s1. The summed E-state index contributed by atoms with van der Waals surface area (Å²) in [5, 5.41) is 0. The summed E-state index contributed by atoms with van der Waals surface area (Å²) in [6.07, 6.45) is -9.81. The summed E-state index contributed by atoms with van der Waals surface area (Å²) in [4.78, 5) is 12.2. The van der Waals surface area contributed by atoms with Crippen LogP contribution >= 0.6 is 7.82 Å². The van der Waals surface area contributed by atoms with E-state index in [1.165, 1.54) is 7.11 Å². The molecule has 1 aliphatic heterocycles. The van der Waals surface area contributed by atoms with E-state index in [1.54, 1.807) is 0 Å². The van der Waals surface area contributed by atoms with Gasteiger partial charge in [-0.25, -0.2) is 4.57 Å². The minimum absolute atomic E-state index is 0.0820. The second-order valence-electron chi connectivity index (χ2n) is 18.4. The molecule has 13 nitrogen and oxygen atoms in total. The van der Waals surface area contributed by atoms with Crippen LogP contribution in [0.1, 0.15) is 38.9 Å². The van der Waals surface area contributed by atoms with E-state index in [4.69, 9.17) is 51.7 Å². The van der Waals surface area contributed by atoms with Crippen molar-refractivity contribution in [2.45, 2.75) is 107 Å². The largest absolute Gasteiger partial charge is 0.472 e. The number of rotatable bonds is 27. The van der Waals surface area contributed by atoms with Crippen molar-refractivity contribution in [1.29, 1.82) is 0 Å². The lowest BCUT2D eigenvalue weighted by Gasteiger charge is -2.49. The molecule has 0 amide bonds. The fourth-order valence-electron chi connectivity index (χ4n) is 9.30. The van der Waals surface area contributed by atoms with Crippen molar-refractivity contribution in [3.8, 4) is 0 Å². The minimum Gasteiger partial charge on any atom is -0.368 e. The topological polar surface area (TPSA) is 139 Å². The molecule has 392 valence electrons. The lowest BCUT2D eigenvalue weighted by atomic mass is 9.83. The van der Waals surface area contributed by atoms with Gasteiger partial charge in [0.05, 0.1) is 52.9 Å². The number of phosphoric acid groups is 1. The van der Waals surface area contributed by atoms with Crippen LogP contribution < -0.4 is 0 Å². The molecule has 1 saturated carbocycles. The first kappa shape index (κ1) is 54.1. The van der Waals surface area contributed by atoms with Crippen LogP contribution in [-0.2, 0) is 102 Å². The lowest BCUT2D eigenvalue weighted by molar-refractivity contribution is -0.280. The fourth-order valence-corrected chi connectivity index (χ4v) is 10.2. The first-order valence-corrected chi connectivity index (χ1v) is 26.8. The predicted molar refractivity (Wildman–Crippen MR) is 281 cm³/mol. The molecular weight excluding hydrogens is 972 g/mol. The average molecular weight is 1040 g/mol. The quantitative estimate of drug-likeness (QED) is 0.0490. The van der Waals surface area contributed by atoms with Gasteiger partial charge < -0.3 is 47.5 Å². The molecule has 7 aromatic rings. The smallest absolute Gasteiger partial charge is 0.368 e. The Morgan fingerprint density at radius 3 is 0.867 bits per heavy atom. The van der Waals surface area contributed by atoms with Crippen molar-refractivity contribution in [3.05, 3.63) is 251 Å². The van der Waals surface area contributed by atoms with Gasteiger partial charge in [-0.2, -0.15) is 0 Å². The Balaban J connectivity index is 1.07. The highest BCUT2D eigenvalue weighted by atomic mass is 31.2. The SMILES string of the molecule is CO[C@@H]1O[C@H](COP(=O)(O)OC2[C@@H](OCc3ccccc3)[C@H](OCc3ccccc3)C(OCc3ccccc3)[C@H](OCc3ccccc3)[C@@H]2OCc2ccccc2)[C@@H](OCc2ccccc2)[C@@H]1OCc1ccccc1. The van der Waals surface area contributed by atoms with Gasteiger partial charge >= 0.3 is 7.82 Å². The van der Waals surface area contributed by atoms with Gasteiger partial charge in [-0.1, -0.05) is 212 Å². The monoisotopic (exact) mass is 1040 g/mol. The highest BCUT2D eigenvalue weighted by Crippen LogP contribution is 2.50. The molecule has 0 bridgehead atoms. The van der Waals surface area contributed by atoms with E-state index in [0.717, 1.165) is 38.9 Å². The Labute approximate surface area is 439 Å². The van der Waals surface area contributed by atoms with E-state index in [9.17, 15) is 4.89 Å². The van der Waals surface area contributed by atoms with Crippen molar-refractivity contribution >= 4 is 7.82 Å². The first-order valence-electron chi connectivity index (χ1n) is 25.3. The van der Waals surface area contributed by atoms with Crippen LogP contribution in [0.25, 0.3) is 0 Å². The number of ether oxygens (including phenoxy) is 9. The van der Waals surface area contributed by atoms with Gasteiger partial charge in [-0.05, 0) is 38.9 Å². The molecule has 14 heteroatoms. The highest BCUT2D eigenvalue weighted by Gasteiger charge is 2.57. The van der Waals surface area contributed by atoms with Gasteiger partial charge in [-0.3, -0.25) is 9.05 Å². The molecule has 0 aromatic heterocycles. The van der Waals surface area contributed by atoms with Gasteiger partial charge in [0.25, 0.3) is 0 Å². The van der Waals surface area contributed by atoms with Crippen molar-refractivity contribution in [2.24, 2.45) is 0 Å². The third-order valence-corrected chi connectivity index (χ3v) is 14.1. The Hall–Kier alpha value is -5.71. The van der Waals surface area contributed by atoms with E-state index >= 15 is 4.57 Å². The van der Waals surface area contributed by atoms with E-state index in [0.29, 0.717) is 0 Å². The maximum absolute atomic E-state index is 15.0. The predicted octanol–water partition coefficient (Wildman–Crippen LogP) is 11.0. The Morgan fingerprint density at radius 1 is 0.360 bits per heavy atom. The molecule has 9 rings (SSSR count). The van der Waals surface area contributed by atoms with Crippen LogP contribution in [0.15, 0.2) is 212 Å². The summed E-state index contributed by atoms with van der Waals surface area (Å²) >= 11 is 0. The summed E-state index contributed by atoms with van der Waals surface area (Å²) in [6.45, 7) is 0.617. The van der Waals surface area contributed by atoms with E-state index in [1.807, 2.05) is 212 Å². The van der Waals surface area contributed by atoms with Crippen molar-refractivity contribution < 1.29 is 61.1 Å². The van der Waals surface area contributed by atoms with Crippen LogP contribution in [0.5, 0.6) is 0 Å². The van der Waals surface area contributed by atoms with Crippen LogP contribution in [0.3, 0.4) is 0 Å². The maximum Gasteiger partial charge on any atom is 0.472 e. The molecule has 1 saturated heterocycles. The van der Waals surface area contributed by atoms with Gasteiger partial charge in [0.15, 0.2) is 6.29 Å². The number of hydrogen-bond donors (Lipinski definition) is 1.